The van der Waals surface area contributed by atoms with Crippen LogP contribution in [0.4, 0.5) is 0 Å². The maximum Gasteiger partial charge on any atom is 0.311 e. The van der Waals surface area contributed by atoms with Gasteiger partial charge in [-0.3, -0.25) is 9.59 Å². The SMILES string of the molecule is O=C(C[C@H](c1ccccc1)[C@H](C(=O)O)c1ccc(Br)cc1)c1ccccc1. The van der Waals surface area contributed by atoms with E-state index in [1.165, 1.54) is 0 Å². The molecular formula is C23H19BrO3. The van der Waals surface area contributed by atoms with Crippen molar-refractivity contribution in [1.82, 2.24) is 0 Å². The Bertz CT molecular complexity index is 905. The summed E-state index contributed by atoms with van der Waals surface area (Å²) in [5.74, 6) is -2.27. The molecule has 0 aliphatic rings. The van der Waals surface area contributed by atoms with Crippen LogP contribution in [0.3, 0.4) is 0 Å². The summed E-state index contributed by atoms with van der Waals surface area (Å²) in [6.45, 7) is 0. The molecule has 0 bridgehead atoms. The van der Waals surface area contributed by atoms with Gasteiger partial charge in [0.1, 0.15) is 0 Å². The largest absolute Gasteiger partial charge is 0.481 e. The van der Waals surface area contributed by atoms with Gasteiger partial charge in [0, 0.05) is 22.4 Å². The number of carboxylic acids is 1. The van der Waals surface area contributed by atoms with E-state index in [2.05, 4.69) is 15.9 Å². The fraction of sp³-hybridized carbons (Fsp3) is 0.130. The van der Waals surface area contributed by atoms with Crippen molar-refractivity contribution in [3.05, 3.63) is 106 Å². The van der Waals surface area contributed by atoms with Gasteiger partial charge in [-0.15, -0.1) is 0 Å². The first-order valence-corrected chi connectivity index (χ1v) is 9.47. The lowest BCUT2D eigenvalue weighted by Crippen LogP contribution is -2.23. The number of rotatable bonds is 7. The highest BCUT2D eigenvalue weighted by Gasteiger charge is 2.32. The van der Waals surface area contributed by atoms with Crippen molar-refractivity contribution in [1.29, 1.82) is 0 Å². The van der Waals surface area contributed by atoms with Crippen molar-refractivity contribution < 1.29 is 14.7 Å². The molecule has 0 fully saturated rings. The molecule has 0 spiro atoms. The fourth-order valence-electron chi connectivity index (χ4n) is 3.29. The third-order valence-corrected chi connectivity index (χ3v) is 5.16. The molecule has 4 heteroatoms. The van der Waals surface area contributed by atoms with Crippen LogP contribution in [0.15, 0.2) is 89.4 Å². The maximum absolute atomic E-state index is 12.8. The quantitative estimate of drug-likeness (QED) is 0.498. The van der Waals surface area contributed by atoms with Gasteiger partial charge in [-0.1, -0.05) is 88.7 Å². The van der Waals surface area contributed by atoms with Crippen LogP contribution in [0.2, 0.25) is 0 Å². The van der Waals surface area contributed by atoms with Crippen molar-refractivity contribution in [2.24, 2.45) is 0 Å². The minimum absolute atomic E-state index is 0.0622. The van der Waals surface area contributed by atoms with Crippen LogP contribution in [-0.2, 0) is 4.79 Å². The highest BCUT2D eigenvalue weighted by molar-refractivity contribution is 9.10. The normalized spacial score (nSPS) is 12.9. The minimum atomic E-state index is -0.938. The van der Waals surface area contributed by atoms with Crippen molar-refractivity contribution in [2.75, 3.05) is 0 Å². The standard InChI is InChI=1S/C23H19BrO3/c24-19-13-11-18(12-14-19)22(23(26)27)20(16-7-3-1-4-8-16)15-21(25)17-9-5-2-6-10-17/h1-14,20,22H,15H2,(H,26,27)/t20-,22-/m1/s1. The summed E-state index contributed by atoms with van der Waals surface area (Å²) in [4.78, 5) is 25.0. The highest BCUT2D eigenvalue weighted by atomic mass is 79.9. The highest BCUT2D eigenvalue weighted by Crippen LogP contribution is 2.37. The lowest BCUT2D eigenvalue weighted by molar-refractivity contribution is -0.139. The second-order valence-corrected chi connectivity index (χ2v) is 7.29. The molecule has 0 heterocycles. The number of hydrogen-bond acceptors (Lipinski definition) is 2. The second-order valence-electron chi connectivity index (χ2n) is 6.38. The number of carbonyl (C=O) groups excluding carboxylic acids is 1. The predicted octanol–water partition coefficient (Wildman–Crippen LogP) is 5.67. The van der Waals surface area contributed by atoms with E-state index in [1.54, 1.807) is 24.3 Å². The number of carboxylic acid groups (broad SMARTS) is 1. The maximum atomic E-state index is 12.8. The lowest BCUT2D eigenvalue weighted by atomic mass is 9.78. The molecule has 0 saturated heterocycles. The van der Waals surface area contributed by atoms with Gasteiger partial charge in [0.05, 0.1) is 5.92 Å². The molecule has 0 unspecified atom stereocenters. The number of Topliss-reactive ketones (excluding diaryl/α,β-unsaturated/α-hetero) is 1. The van der Waals surface area contributed by atoms with Crippen LogP contribution in [0.1, 0.15) is 39.7 Å². The summed E-state index contributed by atoms with van der Waals surface area (Å²) in [6, 6.07) is 25.7. The van der Waals surface area contributed by atoms with Crippen molar-refractivity contribution in [2.45, 2.75) is 18.3 Å². The van der Waals surface area contributed by atoms with Crippen LogP contribution < -0.4 is 0 Å². The average molecular weight is 423 g/mol. The van der Waals surface area contributed by atoms with Crippen molar-refractivity contribution in [3.8, 4) is 0 Å². The molecular weight excluding hydrogens is 404 g/mol. The third-order valence-electron chi connectivity index (χ3n) is 4.63. The Morgan fingerprint density at radius 1 is 0.778 bits per heavy atom. The molecule has 0 aromatic heterocycles. The molecule has 3 aromatic carbocycles. The lowest BCUT2D eigenvalue weighted by Gasteiger charge is -2.24. The van der Waals surface area contributed by atoms with E-state index >= 15 is 0 Å². The van der Waals surface area contributed by atoms with Crippen molar-refractivity contribution >= 4 is 27.7 Å². The molecule has 0 radical (unpaired) electrons. The van der Waals surface area contributed by atoms with Crippen LogP contribution in [0.5, 0.6) is 0 Å². The molecule has 0 saturated carbocycles. The molecule has 136 valence electrons. The summed E-state index contributed by atoms with van der Waals surface area (Å²) in [5, 5.41) is 9.99. The van der Waals surface area contributed by atoms with Gasteiger partial charge in [0.25, 0.3) is 0 Å². The molecule has 2 atom stereocenters. The summed E-state index contributed by atoms with van der Waals surface area (Å²) in [5.41, 5.74) is 2.12. The first-order valence-electron chi connectivity index (χ1n) is 8.67. The first-order chi connectivity index (χ1) is 13.1. The van der Waals surface area contributed by atoms with E-state index in [9.17, 15) is 14.7 Å². The fourth-order valence-corrected chi connectivity index (χ4v) is 3.55. The van der Waals surface area contributed by atoms with Gasteiger partial charge in [0.15, 0.2) is 5.78 Å². The van der Waals surface area contributed by atoms with Crippen LogP contribution >= 0.6 is 15.9 Å². The number of aliphatic carboxylic acids is 1. The van der Waals surface area contributed by atoms with Gasteiger partial charge in [-0.25, -0.2) is 0 Å². The third kappa shape index (κ3) is 4.72. The molecule has 0 amide bonds. The van der Waals surface area contributed by atoms with Gasteiger partial charge in [0.2, 0.25) is 0 Å². The molecule has 0 aliphatic heterocycles. The predicted molar refractivity (Wildman–Crippen MR) is 109 cm³/mol. The van der Waals surface area contributed by atoms with E-state index in [0.29, 0.717) is 11.1 Å². The van der Waals surface area contributed by atoms with E-state index in [-0.39, 0.29) is 12.2 Å². The Morgan fingerprint density at radius 2 is 1.33 bits per heavy atom. The van der Waals surface area contributed by atoms with Gasteiger partial charge in [-0.2, -0.15) is 0 Å². The van der Waals surface area contributed by atoms with Gasteiger partial charge >= 0.3 is 5.97 Å². The Labute approximate surface area is 166 Å². The van der Waals surface area contributed by atoms with Crippen LogP contribution in [-0.4, -0.2) is 16.9 Å². The summed E-state index contributed by atoms with van der Waals surface area (Å²) in [6.07, 6.45) is 0.126. The Balaban J connectivity index is 2.01. The number of ketones is 1. The van der Waals surface area contributed by atoms with Gasteiger partial charge in [-0.05, 0) is 23.3 Å². The molecule has 27 heavy (non-hydrogen) atoms. The zero-order valence-electron chi connectivity index (χ0n) is 14.6. The minimum Gasteiger partial charge on any atom is -0.481 e. The van der Waals surface area contributed by atoms with Crippen LogP contribution in [0, 0.1) is 0 Å². The monoisotopic (exact) mass is 422 g/mol. The van der Waals surface area contributed by atoms with E-state index in [1.807, 2.05) is 60.7 Å². The summed E-state index contributed by atoms with van der Waals surface area (Å²) >= 11 is 3.38. The number of hydrogen-bond donors (Lipinski definition) is 1. The number of halogens is 1. The molecule has 3 rings (SSSR count). The van der Waals surface area contributed by atoms with E-state index in [0.717, 1.165) is 10.0 Å². The first kappa shape index (κ1) is 19.1. The van der Waals surface area contributed by atoms with Crippen molar-refractivity contribution in [3.63, 3.8) is 0 Å². The van der Waals surface area contributed by atoms with Crippen LogP contribution in [0.25, 0.3) is 0 Å². The summed E-state index contributed by atoms with van der Waals surface area (Å²) < 4.78 is 0.881. The molecule has 3 aromatic rings. The second kappa shape index (κ2) is 8.78. The van der Waals surface area contributed by atoms with Gasteiger partial charge < -0.3 is 5.11 Å². The molecule has 0 aliphatic carbocycles. The Kier molecular flexibility index (Phi) is 6.20. The van der Waals surface area contributed by atoms with E-state index in [4.69, 9.17) is 0 Å². The van der Waals surface area contributed by atoms with E-state index < -0.39 is 17.8 Å². The zero-order valence-corrected chi connectivity index (χ0v) is 16.2. The smallest absolute Gasteiger partial charge is 0.311 e. The molecule has 1 N–H and O–H groups in total. The Morgan fingerprint density at radius 3 is 1.89 bits per heavy atom. The number of benzene rings is 3. The molecule has 3 nitrogen and oxygen atoms in total. The number of carbonyl (C=O) groups is 2. The Hall–Kier alpha value is -2.72. The zero-order chi connectivity index (χ0) is 19.2. The topological polar surface area (TPSA) is 54.4 Å². The average Bonchev–Trinajstić information content (AvgIpc) is 2.70. The summed E-state index contributed by atoms with van der Waals surface area (Å²) in [7, 11) is 0.